The van der Waals surface area contributed by atoms with Gasteiger partial charge in [-0.15, -0.1) is 0 Å². The predicted octanol–water partition coefficient (Wildman–Crippen LogP) is 2.90. The van der Waals surface area contributed by atoms with Gasteiger partial charge in [-0.05, 0) is 24.3 Å². The van der Waals surface area contributed by atoms with Crippen molar-refractivity contribution < 1.29 is 31.1 Å². The number of nitriles is 1. The second-order valence-corrected chi connectivity index (χ2v) is 7.39. The first-order valence-electron chi connectivity index (χ1n) is 7.04. The molecule has 0 saturated carbocycles. The van der Waals surface area contributed by atoms with Crippen LogP contribution in [0.3, 0.4) is 0 Å². The first-order valence-corrected chi connectivity index (χ1v) is 9.31. The molecular formula is C16H10ClF3N2O4S. The van der Waals surface area contributed by atoms with Crippen molar-refractivity contribution in [2.45, 2.75) is 6.61 Å². The number of hydrogen-bond acceptors (Lipinski definition) is 5. The maximum absolute atomic E-state index is 14.1. The van der Waals surface area contributed by atoms with Gasteiger partial charge in [0.05, 0.1) is 11.8 Å². The van der Waals surface area contributed by atoms with Gasteiger partial charge in [0, 0.05) is 5.56 Å². The lowest BCUT2D eigenvalue weighted by Gasteiger charge is -2.11. The second-order valence-electron chi connectivity index (χ2n) is 5.26. The van der Waals surface area contributed by atoms with Crippen molar-refractivity contribution in [3.63, 3.8) is 0 Å². The smallest absolute Gasteiger partial charge is 0.267 e. The van der Waals surface area contributed by atoms with Gasteiger partial charge in [0.15, 0.2) is 0 Å². The van der Waals surface area contributed by atoms with Crippen LogP contribution in [0.25, 0.3) is 0 Å². The fourth-order valence-corrected chi connectivity index (χ4v) is 2.70. The van der Waals surface area contributed by atoms with Gasteiger partial charge in [0.1, 0.15) is 46.5 Å². The molecule has 0 atom stereocenters. The molecule has 0 heterocycles. The molecule has 0 fully saturated rings. The topological polar surface area (TPSA) is 96.3 Å². The average molecular weight is 419 g/mol. The first-order chi connectivity index (χ1) is 12.5. The van der Waals surface area contributed by atoms with Crippen molar-refractivity contribution in [2.75, 3.05) is 6.26 Å². The second kappa shape index (κ2) is 7.85. The van der Waals surface area contributed by atoms with Gasteiger partial charge in [-0.25, -0.2) is 26.3 Å². The summed E-state index contributed by atoms with van der Waals surface area (Å²) in [6.07, 6.45) is 0.684. The van der Waals surface area contributed by atoms with E-state index in [1.54, 1.807) is 6.07 Å². The Morgan fingerprint density at radius 3 is 2.48 bits per heavy atom. The van der Waals surface area contributed by atoms with Gasteiger partial charge in [-0.1, -0.05) is 11.6 Å². The molecule has 0 aliphatic carbocycles. The minimum absolute atomic E-state index is 0.131. The zero-order valence-corrected chi connectivity index (χ0v) is 15.1. The SMILES string of the molecule is CS(=O)(=O)NC(=O)c1cc(F)c(COc2ccc(F)c(C#N)c2Cl)cc1F. The number of amides is 1. The number of nitrogens with zero attached hydrogens (tertiary/aromatic N) is 1. The average Bonchev–Trinajstić information content (AvgIpc) is 2.55. The van der Waals surface area contributed by atoms with Crippen molar-refractivity contribution in [3.8, 4) is 11.8 Å². The molecule has 1 amide bonds. The minimum Gasteiger partial charge on any atom is -0.487 e. The van der Waals surface area contributed by atoms with Gasteiger partial charge in [0.25, 0.3) is 5.91 Å². The van der Waals surface area contributed by atoms with E-state index in [-0.39, 0.29) is 16.3 Å². The van der Waals surface area contributed by atoms with E-state index >= 15 is 0 Å². The van der Waals surface area contributed by atoms with E-state index in [9.17, 15) is 26.4 Å². The molecule has 11 heteroatoms. The lowest BCUT2D eigenvalue weighted by molar-refractivity contribution is 0.0977. The summed E-state index contributed by atoms with van der Waals surface area (Å²) < 4.78 is 70.3. The van der Waals surface area contributed by atoms with Gasteiger partial charge in [-0.3, -0.25) is 4.79 Å². The highest BCUT2D eigenvalue weighted by Crippen LogP contribution is 2.30. The summed E-state index contributed by atoms with van der Waals surface area (Å²) in [6, 6.07) is 4.75. The lowest BCUT2D eigenvalue weighted by atomic mass is 10.1. The van der Waals surface area contributed by atoms with Crippen LogP contribution in [0.15, 0.2) is 24.3 Å². The molecule has 0 aliphatic rings. The number of hydrogen-bond donors (Lipinski definition) is 1. The van der Waals surface area contributed by atoms with Crippen LogP contribution >= 0.6 is 11.6 Å². The van der Waals surface area contributed by atoms with Crippen LogP contribution in [0, 0.1) is 28.8 Å². The third-order valence-electron chi connectivity index (χ3n) is 3.21. The maximum Gasteiger partial charge on any atom is 0.267 e. The molecule has 2 rings (SSSR count). The van der Waals surface area contributed by atoms with E-state index in [2.05, 4.69) is 0 Å². The highest BCUT2D eigenvalue weighted by Gasteiger charge is 2.20. The van der Waals surface area contributed by atoms with Crippen LogP contribution in [0.5, 0.6) is 5.75 Å². The number of carbonyl (C=O) groups excluding carboxylic acids is 1. The Bertz CT molecular complexity index is 1070. The normalized spacial score (nSPS) is 11.0. The number of nitrogens with one attached hydrogen (secondary N) is 1. The summed E-state index contributed by atoms with van der Waals surface area (Å²) in [5.41, 5.74) is -1.59. The Labute approximate surface area is 157 Å². The number of sulfonamides is 1. The van der Waals surface area contributed by atoms with E-state index in [1.807, 2.05) is 0 Å². The Hall–Kier alpha value is -2.77. The number of rotatable bonds is 5. The highest BCUT2D eigenvalue weighted by molar-refractivity contribution is 7.89. The molecule has 0 bridgehead atoms. The molecule has 1 N–H and O–H groups in total. The van der Waals surface area contributed by atoms with Gasteiger partial charge >= 0.3 is 0 Å². The molecule has 0 unspecified atom stereocenters. The molecule has 0 spiro atoms. The van der Waals surface area contributed by atoms with Gasteiger partial charge < -0.3 is 4.74 Å². The molecule has 0 saturated heterocycles. The van der Waals surface area contributed by atoms with Crippen LogP contribution < -0.4 is 9.46 Å². The summed E-state index contributed by atoms with van der Waals surface area (Å²) >= 11 is 5.81. The molecule has 0 radical (unpaired) electrons. The van der Waals surface area contributed by atoms with Crippen LogP contribution in [-0.2, 0) is 16.6 Å². The predicted molar refractivity (Wildman–Crippen MR) is 89.1 cm³/mol. The van der Waals surface area contributed by atoms with Crippen molar-refractivity contribution in [3.05, 3.63) is 63.4 Å². The fourth-order valence-electron chi connectivity index (χ4n) is 2.00. The van der Waals surface area contributed by atoms with Crippen molar-refractivity contribution in [1.82, 2.24) is 4.72 Å². The lowest BCUT2D eigenvalue weighted by Crippen LogP contribution is -2.30. The zero-order chi connectivity index (χ0) is 20.4. The molecule has 6 nitrogen and oxygen atoms in total. The van der Waals surface area contributed by atoms with E-state index in [4.69, 9.17) is 21.6 Å². The molecule has 2 aromatic rings. The summed E-state index contributed by atoms with van der Waals surface area (Å²) in [5, 5.41) is 8.50. The van der Waals surface area contributed by atoms with E-state index in [0.29, 0.717) is 18.4 Å². The Morgan fingerprint density at radius 1 is 1.22 bits per heavy atom. The van der Waals surface area contributed by atoms with Crippen LogP contribution in [-0.4, -0.2) is 20.6 Å². The molecule has 27 heavy (non-hydrogen) atoms. The van der Waals surface area contributed by atoms with Gasteiger partial charge in [0.2, 0.25) is 10.0 Å². The maximum atomic E-state index is 14.1. The summed E-state index contributed by atoms with van der Waals surface area (Å²) in [4.78, 5) is 11.7. The van der Waals surface area contributed by atoms with Crippen LogP contribution in [0.4, 0.5) is 13.2 Å². The number of benzene rings is 2. The van der Waals surface area contributed by atoms with Crippen molar-refractivity contribution in [2.24, 2.45) is 0 Å². The Balaban J connectivity index is 2.26. The number of ether oxygens (including phenoxy) is 1. The Kier molecular flexibility index (Phi) is 5.98. The quantitative estimate of drug-likeness (QED) is 0.805. The fraction of sp³-hybridized carbons (Fsp3) is 0.125. The number of halogens is 4. The molecule has 0 aromatic heterocycles. The van der Waals surface area contributed by atoms with Crippen molar-refractivity contribution in [1.29, 1.82) is 5.26 Å². The molecular weight excluding hydrogens is 409 g/mol. The summed E-state index contributed by atoms with van der Waals surface area (Å²) in [5.74, 6) is -4.56. The van der Waals surface area contributed by atoms with E-state index in [1.165, 1.54) is 4.72 Å². The largest absolute Gasteiger partial charge is 0.487 e. The third-order valence-corrected chi connectivity index (χ3v) is 4.14. The molecule has 0 aliphatic heterocycles. The molecule has 142 valence electrons. The highest BCUT2D eigenvalue weighted by atomic mass is 35.5. The standard InChI is InChI=1S/C16H10ClF3N2O4S/c1-27(24,25)22-16(23)9-5-12(19)8(4-13(9)20)7-26-14-3-2-11(18)10(6-21)15(14)17/h2-5H,7H2,1H3,(H,22,23). The van der Waals surface area contributed by atoms with Crippen molar-refractivity contribution >= 4 is 27.5 Å². The van der Waals surface area contributed by atoms with Crippen LogP contribution in [0.1, 0.15) is 21.5 Å². The summed E-state index contributed by atoms with van der Waals surface area (Å²) in [6.45, 7) is -0.549. The van der Waals surface area contributed by atoms with E-state index < -0.39 is 51.1 Å². The first kappa shape index (κ1) is 20.5. The van der Waals surface area contributed by atoms with Crippen LogP contribution in [0.2, 0.25) is 5.02 Å². The monoisotopic (exact) mass is 418 g/mol. The Morgan fingerprint density at radius 2 is 1.89 bits per heavy atom. The minimum atomic E-state index is -3.96. The third kappa shape index (κ3) is 4.90. The summed E-state index contributed by atoms with van der Waals surface area (Å²) in [7, 11) is -3.96. The van der Waals surface area contributed by atoms with E-state index in [0.717, 1.165) is 12.1 Å². The molecule has 2 aromatic carbocycles. The van der Waals surface area contributed by atoms with Gasteiger partial charge in [-0.2, -0.15) is 5.26 Å². The number of carbonyl (C=O) groups is 1. The zero-order valence-electron chi connectivity index (χ0n) is 13.5.